The smallest absolute Gasteiger partial charge is 0.273 e. The molecule has 0 aliphatic heterocycles. The fraction of sp³-hybridized carbons (Fsp3) is 0.286. The molecule has 3 N–H and O–H groups in total. The molecule has 0 bridgehead atoms. The van der Waals surface area contributed by atoms with Gasteiger partial charge in [-0.3, -0.25) is 25.2 Å². The Kier molecular flexibility index (Phi) is 8.65. The number of rotatable bonds is 9. The molecule has 0 unspecified atom stereocenters. The Bertz CT molecular complexity index is 836. The zero-order chi connectivity index (χ0) is 21.1. The first kappa shape index (κ1) is 21.9. The second kappa shape index (κ2) is 11.5. The van der Waals surface area contributed by atoms with Crippen LogP contribution in [0.25, 0.3) is 0 Å². The SMILES string of the molecule is CCOCCOc1ccccc1C(=O)NNC(=O)c1ccc(NC(=O)CC)cc1. The summed E-state index contributed by atoms with van der Waals surface area (Å²) < 4.78 is 10.8. The number of hydrogen-bond donors (Lipinski definition) is 3. The van der Waals surface area contributed by atoms with Crippen molar-refractivity contribution in [2.45, 2.75) is 20.3 Å². The second-order valence-electron chi connectivity index (χ2n) is 5.93. The van der Waals surface area contributed by atoms with Gasteiger partial charge in [-0.05, 0) is 43.3 Å². The van der Waals surface area contributed by atoms with Crippen LogP contribution in [-0.4, -0.2) is 37.5 Å². The summed E-state index contributed by atoms with van der Waals surface area (Å²) in [7, 11) is 0. The van der Waals surface area contributed by atoms with E-state index in [2.05, 4.69) is 16.2 Å². The van der Waals surface area contributed by atoms with Crippen molar-refractivity contribution in [2.75, 3.05) is 25.1 Å². The third-order valence-electron chi connectivity index (χ3n) is 3.86. The van der Waals surface area contributed by atoms with Gasteiger partial charge in [-0.25, -0.2) is 0 Å². The highest BCUT2D eigenvalue weighted by molar-refractivity contribution is 6.00. The van der Waals surface area contributed by atoms with E-state index in [4.69, 9.17) is 9.47 Å². The largest absolute Gasteiger partial charge is 0.490 e. The number of amides is 3. The van der Waals surface area contributed by atoms with Crippen molar-refractivity contribution in [3.63, 3.8) is 0 Å². The fourth-order valence-electron chi connectivity index (χ4n) is 2.34. The van der Waals surface area contributed by atoms with Crippen LogP contribution in [0.1, 0.15) is 41.0 Å². The minimum absolute atomic E-state index is 0.114. The standard InChI is InChI=1S/C21H25N3O5/c1-3-19(25)22-16-11-9-15(10-12-16)20(26)23-24-21(27)17-7-5-6-8-18(17)29-14-13-28-4-2/h5-12H,3-4,13-14H2,1-2H3,(H,22,25)(H,23,26)(H,24,27). The maximum Gasteiger partial charge on any atom is 0.273 e. The molecule has 0 spiro atoms. The Balaban J connectivity index is 1.91. The molecule has 8 heteroatoms. The first-order valence-corrected chi connectivity index (χ1v) is 9.35. The molecule has 154 valence electrons. The van der Waals surface area contributed by atoms with Crippen LogP contribution in [0, 0.1) is 0 Å². The van der Waals surface area contributed by atoms with Crippen LogP contribution in [-0.2, 0) is 9.53 Å². The van der Waals surface area contributed by atoms with E-state index in [-0.39, 0.29) is 5.91 Å². The molecule has 3 amide bonds. The molecule has 0 atom stereocenters. The number of hydrazine groups is 1. The lowest BCUT2D eigenvalue weighted by Gasteiger charge is -2.12. The molecule has 0 fully saturated rings. The van der Waals surface area contributed by atoms with Crippen LogP contribution in [0.3, 0.4) is 0 Å². The third-order valence-corrected chi connectivity index (χ3v) is 3.86. The van der Waals surface area contributed by atoms with Gasteiger partial charge in [-0.1, -0.05) is 19.1 Å². The highest BCUT2D eigenvalue weighted by Gasteiger charge is 2.14. The molecule has 0 saturated carbocycles. The molecule has 0 saturated heterocycles. The van der Waals surface area contributed by atoms with Crippen LogP contribution in [0.15, 0.2) is 48.5 Å². The van der Waals surface area contributed by atoms with Gasteiger partial charge in [0, 0.05) is 24.3 Å². The zero-order valence-corrected chi connectivity index (χ0v) is 16.5. The van der Waals surface area contributed by atoms with Crippen molar-refractivity contribution in [3.05, 3.63) is 59.7 Å². The number of anilines is 1. The van der Waals surface area contributed by atoms with Gasteiger partial charge in [0.15, 0.2) is 0 Å². The summed E-state index contributed by atoms with van der Waals surface area (Å²) >= 11 is 0. The average molecular weight is 399 g/mol. The lowest BCUT2D eigenvalue weighted by Crippen LogP contribution is -2.41. The Hall–Kier alpha value is -3.39. The van der Waals surface area contributed by atoms with Crippen molar-refractivity contribution >= 4 is 23.4 Å². The van der Waals surface area contributed by atoms with Gasteiger partial charge < -0.3 is 14.8 Å². The van der Waals surface area contributed by atoms with Gasteiger partial charge in [-0.15, -0.1) is 0 Å². The lowest BCUT2D eigenvalue weighted by atomic mass is 10.2. The number of ether oxygens (including phenoxy) is 2. The maximum atomic E-state index is 12.4. The van der Waals surface area contributed by atoms with E-state index < -0.39 is 11.8 Å². The minimum Gasteiger partial charge on any atom is -0.490 e. The van der Waals surface area contributed by atoms with E-state index in [1.807, 2.05) is 6.92 Å². The molecule has 0 aromatic heterocycles. The first-order valence-electron chi connectivity index (χ1n) is 9.35. The third kappa shape index (κ3) is 6.93. The van der Waals surface area contributed by atoms with Gasteiger partial charge in [0.1, 0.15) is 12.4 Å². The number of carbonyl (C=O) groups excluding carboxylic acids is 3. The van der Waals surface area contributed by atoms with Crippen molar-refractivity contribution < 1.29 is 23.9 Å². The predicted molar refractivity (Wildman–Crippen MR) is 109 cm³/mol. The molecule has 0 radical (unpaired) electrons. The molecule has 8 nitrogen and oxygen atoms in total. The summed E-state index contributed by atoms with van der Waals surface area (Å²) in [5, 5.41) is 2.70. The minimum atomic E-state index is -0.503. The van der Waals surface area contributed by atoms with E-state index in [1.165, 1.54) is 0 Å². The highest BCUT2D eigenvalue weighted by atomic mass is 16.5. The summed E-state index contributed by atoms with van der Waals surface area (Å²) in [6.45, 7) is 4.95. The summed E-state index contributed by atoms with van der Waals surface area (Å²) in [4.78, 5) is 36.0. The number of para-hydroxylation sites is 1. The van der Waals surface area contributed by atoms with E-state index in [1.54, 1.807) is 55.5 Å². The maximum absolute atomic E-state index is 12.4. The van der Waals surface area contributed by atoms with E-state index in [9.17, 15) is 14.4 Å². The van der Waals surface area contributed by atoms with Gasteiger partial charge in [0.2, 0.25) is 5.91 Å². The number of carbonyl (C=O) groups is 3. The van der Waals surface area contributed by atoms with Crippen molar-refractivity contribution in [1.29, 1.82) is 0 Å². The van der Waals surface area contributed by atoms with Crippen LogP contribution in [0.2, 0.25) is 0 Å². The average Bonchev–Trinajstić information content (AvgIpc) is 2.75. The molecule has 29 heavy (non-hydrogen) atoms. The second-order valence-corrected chi connectivity index (χ2v) is 5.93. The summed E-state index contributed by atoms with van der Waals surface area (Å²) in [6.07, 6.45) is 0.366. The molecular weight excluding hydrogens is 374 g/mol. The van der Waals surface area contributed by atoms with Crippen molar-refractivity contribution in [1.82, 2.24) is 10.9 Å². The monoisotopic (exact) mass is 399 g/mol. The number of nitrogens with one attached hydrogen (secondary N) is 3. The molecule has 2 aromatic carbocycles. The van der Waals surface area contributed by atoms with Crippen LogP contribution >= 0.6 is 0 Å². The van der Waals surface area contributed by atoms with Gasteiger partial charge in [0.25, 0.3) is 11.8 Å². The fourth-order valence-corrected chi connectivity index (χ4v) is 2.34. The molecule has 0 heterocycles. The van der Waals surface area contributed by atoms with E-state index in [0.29, 0.717) is 48.8 Å². The highest BCUT2D eigenvalue weighted by Crippen LogP contribution is 2.17. The Morgan fingerprint density at radius 2 is 1.55 bits per heavy atom. The number of hydrogen-bond acceptors (Lipinski definition) is 5. The molecule has 2 aromatic rings. The van der Waals surface area contributed by atoms with Gasteiger partial charge >= 0.3 is 0 Å². The van der Waals surface area contributed by atoms with E-state index >= 15 is 0 Å². The first-order chi connectivity index (χ1) is 14.0. The quantitative estimate of drug-likeness (QED) is 0.444. The predicted octanol–water partition coefficient (Wildman–Crippen LogP) is 2.53. The molecule has 0 aliphatic carbocycles. The molecular formula is C21H25N3O5. The van der Waals surface area contributed by atoms with Gasteiger partial charge in [-0.2, -0.15) is 0 Å². The topological polar surface area (TPSA) is 106 Å². The van der Waals surface area contributed by atoms with Crippen LogP contribution in [0.5, 0.6) is 5.75 Å². The summed E-state index contributed by atoms with van der Waals surface area (Å²) in [6, 6.07) is 13.1. The molecule has 2 rings (SSSR count). The van der Waals surface area contributed by atoms with Crippen LogP contribution in [0.4, 0.5) is 5.69 Å². The van der Waals surface area contributed by atoms with Crippen molar-refractivity contribution in [3.8, 4) is 5.75 Å². The lowest BCUT2D eigenvalue weighted by molar-refractivity contribution is -0.115. The van der Waals surface area contributed by atoms with E-state index in [0.717, 1.165) is 0 Å². The Morgan fingerprint density at radius 1 is 0.862 bits per heavy atom. The normalized spacial score (nSPS) is 10.1. The zero-order valence-electron chi connectivity index (χ0n) is 16.5. The Morgan fingerprint density at radius 3 is 2.24 bits per heavy atom. The summed E-state index contributed by atoms with van der Waals surface area (Å²) in [5.41, 5.74) is 5.96. The Labute approximate surface area is 169 Å². The number of benzene rings is 2. The molecule has 0 aliphatic rings. The van der Waals surface area contributed by atoms with Gasteiger partial charge in [0.05, 0.1) is 12.2 Å². The summed E-state index contributed by atoms with van der Waals surface area (Å²) in [5.74, 6) is -0.703. The van der Waals surface area contributed by atoms with Crippen LogP contribution < -0.4 is 20.9 Å². The van der Waals surface area contributed by atoms with Crippen molar-refractivity contribution in [2.24, 2.45) is 0 Å².